The van der Waals surface area contributed by atoms with E-state index < -0.39 is 79.9 Å². The SMILES string of the molecule is Nc1ncn([C@@H]2O[C@H](COP(=O)(O)OC3C(Cl)[C@H](n4cnc5c(=O)[nH]c(N)nc54)O[C@@H]3CO)C(O)C2Cl)c(=O)n1. The summed E-state index contributed by atoms with van der Waals surface area (Å²) in [6.45, 7) is -1.38. The number of aromatic nitrogens is 7. The summed E-state index contributed by atoms with van der Waals surface area (Å²) in [4.78, 5) is 52.0. The molecular weight excluding hydrogens is 604 g/mol. The van der Waals surface area contributed by atoms with Crippen molar-refractivity contribution in [2.24, 2.45) is 0 Å². The monoisotopic (exact) mass is 625 g/mol. The quantitative estimate of drug-likeness (QED) is 0.114. The second-order valence-corrected chi connectivity index (χ2v) is 11.1. The number of phosphoric ester groups is 1. The van der Waals surface area contributed by atoms with Gasteiger partial charge in [0.05, 0.1) is 19.5 Å². The number of nitrogens with two attached hydrogens (primary N) is 2. The van der Waals surface area contributed by atoms with E-state index in [-0.39, 0.29) is 23.1 Å². The van der Waals surface area contributed by atoms with Crippen molar-refractivity contribution in [3.63, 3.8) is 0 Å². The molecule has 19 nitrogen and oxygen atoms in total. The van der Waals surface area contributed by atoms with E-state index in [4.69, 9.17) is 53.2 Å². The summed E-state index contributed by atoms with van der Waals surface area (Å²) in [5.74, 6) is -0.481. The molecule has 0 bridgehead atoms. The number of fused-ring (bicyclic) bond motifs is 1. The second-order valence-electron chi connectivity index (χ2n) is 8.71. The lowest BCUT2D eigenvalue weighted by molar-refractivity contribution is -0.0567. The number of alkyl halides is 2. The van der Waals surface area contributed by atoms with E-state index in [9.17, 15) is 29.3 Å². The van der Waals surface area contributed by atoms with Crippen LogP contribution in [0.15, 0.2) is 22.2 Å². The van der Waals surface area contributed by atoms with Gasteiger partial charge < -0.3 is 36.0 Å². The lowest BCUT2D eigenvalue weighted by Crippen LogP contribution is -2.34. The van der Waals surface area contributed by atoms with Crippen molar-refractivity contribution in [1.29, 1.82) is 0 Å². The van der Waals surface area contributed by atoms with Crippen molar-refractivity contribution in [2.75, 3.05) is 24.7 Å². The van der Waals surface area contributed by atoms with Gasteiger partial charge in [0, 0.05) is 0 Å². The molecule has 9 atom stereocenters. The number of H-pyrrole nitrogens is 1. The highest BCUT2D eigenvalue weighted by atomic mass is 35.5. The number of aromatic amines is 1. The molecule has 0 saturated carbocycles. The molecule has 40 heavy (non-hydrogen) atoms. The molecule has 2 saturated heterocycles. The van der Waals surface area contributed by atoms with Crippen molar-refractivity contribution in [3.8, 4) is 0 Å². The number of ether oxygens (including phenoxy) is 2. The molecule has 0 aliphatic carbocycles. The fraction of sp³-hybridized carbons (Fsp3) is 0.556. The van der Waals surface area contributed by atoms with Gasteiger partial charge in [0.15, 0.2) is 23.6 Å². The number of aliphatic hydroxyl groups is 2. The smallest absolute Gasteiger partial charge is 0.394 e. The summed E-state index contributed by atoms with van der Waals surface area (Å²) in [6, 6.07) is 0. The molecule has 2 aliphatic rings. The van der Waals surface area contributed by atoms with E-state index in [2.05, 4.69) is 24.9 Å². The second kappa shape index (κ2) is 10.9. The molecule has 5 unspecified atom stereocenters. The third-order valence-electron chi connectivity index (χ3n) is 6.14. The molecule has 0 radical (unpaired) electrons. The van der Waals surface area contributed by atoms with Crippen molar-refractivity contribution in [2.45, 2.75) is 47.6 Å². The number of hydrogen-bond donors (Lipinski definition) is 6. The van der Waals surface area contributed by atoms with Crippen LogP contribution in [0.5, 0.6) is 0 Å². The molecular formula is C18H22Cl2N9O10P. The van der Waals surface area contributed by atoms with Crippen LogP contribution < -0.4 is 22.7 Å². The molecule has 0 amide bonds. The average molecular weight is 626 g/mol. The molecule has 8 N–H and O–H groups in total. The highest BCUT2D eigenvalue weighted by molar-refractivity contribution is 7.47. The highest BCUT2D eigenvalue weighted by Gasteiger charge is 2.50. The number of phosphoric acid groups is 1. The number of anilines is 2. The summed E-state index contributed by atoms with van der Waals surface area (Å²) in [5.41, 5.74) is 9.47. The minimum absolute atomic E-state index is 0.0147. The van der Waals surface area contributed by atoms with Gasteiger partial charge in [-0.3, -0.25) is 28.0 Å². The zero-order chi connectivity index (χ0) is 28.9. The Bertz CT molecular complexity index is 1570. The number of hydrogen-bond acceptors (Lipinski definition) is 15. The maximum atomic E-state index is 12.8. The van der Waals surface area contributed by atoms with E-state index in [1.54, 1.807) is 0 Å². The van der Waals surface area contributed by atoms with Gasteiger partial charge in [0.2, 0.25) is 11.9 Å². The molecule has 218 valence electrons. The Morgan fingerprint density at radius 3 is 2.45 bits per heavy atom. The number of nitrogens with one attached hydrogen (secondary N) is 1. The number of rotatable bonds is 8. The Balaban J connectivity index is 1.28. The Morgan fingerprint density at radius 2 is 1.75 bits per heavy atom. The van der Waals surface area contributed by atoms with Crippen molar-refractivity contribution in [1.82, 2.24) is 34.1 Å². The molecule has 2 aliphatic heterocycles. The van der Waals surface area contributed by atoms with E-state index in [0.717, 1.165) is 10.9 Å². The van der Waals surface area contributed by atoms with Crippen LogP contribution in [0.25, 0.3) is 11.2 Å². The largest absolute Gasteiger partial charge is 0.472 e. The first kappa shape index (κ1) is 28.8. The zero-order valence-electron chi connectivity index (χ0n) is 19.9. The van der Waals surface area contributed by atoms with Crippen molar-refractivity contribution >= 4 is 54.1 Å². The third kappa shape index (κ3) is 5.32. The number of halogens is 2. The van der Waals surface area contributed by atoms with Crippen LogP contribution in [0.1, 0.15) is 12.5 Å². The molecule has 3 aromatic heterocycles. The Labute approximate surface area is 232 Å². The summed E-state index contributed by atoms with van der Waals surface area (Å²) < 4.78 is 36.5. The Hall–Kier alpha value is -2.71. The number of aliphatic hydroxyl groups excluding tert-OH is 2. The summed E-state index contributed by atoms with van der Waals surface area (Å²) in [6.07, 6.45) is -5.51. The van der Waals surface area contributed by atoms with Crippen molar-refractivity contribution < 1.29 is 38.2 Å². The van der Waals surface area contributed by atoms with Crippen LogP contribution in [-0.4, -0.2) is 97.5 Å². The third-order valence-corrected chi connectivity index (χ3v) is 8.06. The van der Waals surface area contributed by atoms with Gasteiger partial charge in [0.1, 0.15) is 41.5 Å². The van der Waals surface area contributed by atoms with Crippen LogP contribution in [-0.2, 0) is 23.1 Å². The van der Waals surface area contributed by atoms with Gasteiger partial charge in [-0.05, 0) is 0 Å². The minimum Gasteiger partial charge on any atom is -0.394 e. The van der Waals surface area contributed by atoms with Gasteiger partial charge in [-0.2, -0.15) is 9.97 Å². The fourth-order valence-electron chi connectivity index (χ4n) is 4.27. The molecule has 3 aromatic rings. The zero-order valence-corrected chi connectivity index (χ0v) is 22.3. The van der Waals surface area contributed by atoms with E-state index in [0.29, 0.717) is 0 Å². The van der Waals surface area contributed by atoms with Gasteiger partial charge >= 0.3 is 13.5 Å². The molecule has 0 spiro atoms. The maximum Gasteiger partial charge on any atom is 0.472 e. The molecule has 5 rings (SSSR count). The van der Waals surface area contributed by atoms with Crippen LogP contribution in [0, 0.1) is 0 Å². The average Bonchev–Trinajstić information content (AvgIpc) is 3.53. The van der Waals surface area contributed by atoms with Crippen LogP contribution in [0.2, 0.25) is 0 Å². The van der Waals surface area contributed by atoms with Crippen LogP contribution >= 0.6 is 31.0 Å². The summed E-state index contributed by atoms with van der Waals surface area (Å²) >= 11 is 12.7. The predicted octanol–water partition coefficient (Wildman–Crippen LogP) is -2.20. The first-order valence-electron chi connectivity index (χ1n) is 11.4. The first-order chi connectivity index (χ1) is 18.9. The highest BCUT2D eigenvalue weighted by Crippen LogP contribution is 2.50. The van der Waals surface area contributed by atoms with Crippen LogP contribution in [0.4, 0.5) is 11.9 Å². The van der Waals surface area contributed by atoms with E-state index >= 15 is 0 Å². The first-order valence-corrected chi connectivity index (χ1v) is 13.7. The maximum absolute atomic E-state index is 12.8. The lowest BCUT2D eigenvalue weighted by atomic mass is 10.2. The Kier molecular flexibility index (Phi) is 7.87. The van der Waals surface area contributed by atoms with E-state index in [1.165, 1.54) is 10.9 Å². The number of nitrogens with zero attached hydrogens (tertiary/aromatic N) is 6. The number of imidazole rings is 1. The van der Waals surface area contributed by atoms with Gasteiger partial charge in [0.25, 0.3) is 5.56 Å². The normalized spacial score (nSPS) is 32.0. The standard InChI is InChI=1S/C18H22Cl2N9O10P/c19-7-10(31)6(38-14(7)29-4-24-16(21)27-18(29)33)2-36-40(34,35)39-11-5(1-30)37-15(8(11)20)28-3-23-9-12(28)25-17(22)26-13(9)32/h3-8,10-11,14-15,30-31H,1-2H2,(H,34,35)(H2,21,27,33)(H3,22,25,26,32)/t5-,6-,7?,8?,10?,11?,14-,15-/m1/s1. The minimum atomic E-state index is -4.94. The fourth-order valence-corrected chi connectivity index (χ4v) is 6.05. The predicted molar refractivity (Wildman–Crippen MR) is 134 cm³/mol. The number of nitrogen functional groups attached to an aromatic ring is 2. The topological polar surface area (TPSA) is 278 Å². The van der Waals surface area contributed by atoms with Gasteiger partial charge in [-0.1, -0.05) is 0 Å². The summed E-state index contributed by atoms with van der Waals surface area (Å²) in [7, 11) is -4.94. The van der Waals surface area contributed by atoms with E-state index in [1.807, 2.05) is 0 Å². The van der Waals surface area contributed by atoms with Crippen LogP contribution in [0.3, 0.4) is 0 Å². The molecule has 2 fully saturated rings. The molecule has 22 heteroatoms. The van der Waals surface area contributed by atoms with Crippen molar-refractivity contribution in [3.05, 3.63) is 33.5 Å². The van der Waals surface area contributed by atoms with Gasteiger partial charge in [-0.25, -0.2) is 19.3 Å². The molecule has 5 heterocycles. The van der Waals surface area contributed by atoms with Gasteiger partial charge in [-0.15, -0.1) is 23.2 Å². The Morgan fingerprint density at radius 1 is 1.07 bits per heavy atom. The lowest BCUT2D eigenvalue weighted by Gasteiger charge is -2.23. The summed E-state index contributed by atoms with van der Waals surface area (Å²) in [5, 5.41) is 17.9. The molecule has 0 aromatic carbocycles.